The molecule has 1 saturated carbocycles. The molecule has 0 aliphatic heterocycles. The summed E-state index contributed by atoms with van der Waals surface area (Å²) in [5.41, 5.74) is 1.43. The zero-order chi connectivity index (χ0) is 14.2. The molecule has 0 spiro atoms. The van der Waals surface area contributed by atoms with Gasteiger partial charge in [0.2, 0.25) is 0 Å². The van der Waals surface area contributed by atoms with Gasteiger partial charge in [-0.1, -0.05) is 56.5 Å². The molecule has 0 heterocycles. The van der Waals surface area contributed by atoms with Crippen molar-refractivity contribution in [3.8, 4) is 0 Å². The molecule has 1 fully saturated rings. The predicted octanol–water partition coefficient (Wildman–Crippen LogP) is 3.68. The molecule has 0 radical (unpaired) electrons. The second-order valence-corrected chi connectivity index (χ2v) is 6.11. The molecule has 2 nitrogen and oxygen atoms in total. The van der Waals surface area contributed by atoms with Gasteiger partial charge >= 0.3 is 0 Å². The van der Waals surface area contributed by atoms with Gasteiger partial charge in [0.05, 0.1) is 0 Å². The lowest BCUT2D eigenvalue weighted by atomic mass is 9.94. The zero-order valence-corrected chi connectivity index (χ0v) is 13.1. The van der Waals surface area contributed by atoms with Crippen LogP contribution < -0.4 is 5.32 Å². The quantitative estimate of drug-likeness (QED) is 0.796. The molecule has 112 valence electrons. The summed E-state index contributed by atoms with van der Waals surface area (Å²) in [5, 5.41) is 3.56. The number of hydrogen-bond donors (Lipinski definition) is 1. The summed E-state index contributed by atoms with van der Waals surface area (Å²) in [6, 6.07) is 11.6. The Balaban J connectivity index is 1.93. The smallest absolute Gasteiger partial charge is 0.0233 e. The lowest BCUT2D eigenvalue weighted by Crippen LogP contribution is -2.40. The first kappa shape index (κ1) is 15.5. The highest BCUT2D eigenvalue weighted by Gasteiger charge is 2.24. The number of nitrogens with one attached hydrogen (secondary N) is 1. The van der Waals surface area contributed by atoms with E-state index in [-0.39, 0.29) is 0 Å². The monoisotopic (exact) mass is 274 g/mol. The standard InChI is InChI=1S/C18H30N2/c1-3-20(14-16-10-6-4-7-11-16)15-17-12-8-5-9-13-18(17)19-2/h4,6-7,10-11,17-19H,3,5,8-9,12-15H2,1-2H3. The van der Waals surface area contributed by atoms with Crippen LogP contribution in [0.3, 0.4) is 0 Å². The fourth-order valence-corrected chi connectivity index (χ4v) is 3.46. The van der Waals surface area contributed by atoms with Gasteiger partial charge in [0.25, 0.3) is 0 Å². The summed E-state index contributed by atoms with van der Waals surface area (Å²) >= 11 is 0. The van der Waals surface area contributed by atoms with Crippen LogP contribution in [0, 0.1) is 5.92 Å². The number of benzene rings is 1. The van der Waals surface area contributed by atoms with E-state index in [2.05, 4.69) is 54.5 Å². The van der Waals surface area contributed by atoms with Crippen LogP contribution in [0.2, 0.25) is 0 Å². The maximum absolute atomic E-state index is 3.56. The molecule has 1 aliphatic rings. The van der Waals surface area contributed by atoms with Crippen LogP contribution in [0.1, 0.15) is 44.6 Å². The Hall–Kier alpha value is -0.860. The van der Waals surface area contributed by atoms with Crippen LogP contribution in [-0.4, -0.2) is 31.1 Å². The topological polar surface area (TPSA) is 15.3 Å². The lowest BCUT2D eigenvalue weighted by Gasteiger charge is -2.31. The molecule has 1 aliphatic carbocycles. The maximum atomic E-state index is 3.56. The van der Waals surface area contributed by atoms with E-state index in [9.17, 15) is 0 Å². The van der Waals surface area contributed by atoms with Crippen LogP contribution in [-0.2, 0) is 6.54 Å². The van der Waals surface area contributed by atoms with Crippen molar-refractivity contribution in [2.75, 3.05) is 20.1 Å². The van der Waals surface area contributed by atoms with Crippen LogP contribution in [0.15, 0.2) is 30.3 Å². The molecule has 2 rings (SSSR count). The first-order valence-electron chi connectivity index (χ1n) is 8.27. The summed E-state index contributed by atoms with van der Waals surface area (Å²) in [6.45, 7) is 5.75. The lowest BCUT2D eigenvalue weighted by molar-refractivity contribution is 0.198. The Morgan fingerprint density at radius 3 is 2.55 bits per heavy atom. The molecule has 20 heavy (non-hydrogen) atoms. The Morgan fingerprint density at radius 1 is 1.10 bits per heavy atom. The van der Waals surface area contributed by atoms with E-state index < -0.39 is 0 Å². The van der Waals surface area contributed by atoms with E-state index in [4.69, 9.17) is 0 Å². The van der Waals surface area contributed by atoms with Crippen LogP contribution >= 0.6 is 0 Å². The molecular formula is C18H30N2. The molecule has 2 heteroatoms. The van der Waals surface area contributed by atoms with E-state index in [1.54, 1.807) is 0 Å². The molecule has 2 unspecified atom stereocenters. The highest BCUT2D eigenvalue weighted by atomic mass is 15.1. The van der Waals surface area contributed by atoms with Gasteiger partial charge in [-0.05, 0) is 37.9 Å². The van der Waals surface area contributed by atoms with Crippen molar-refractivity contribution in [2.45, 2.75) is 51.6 Å². The summed E-state index contributed by atoms with van der Waals surface area (Å²) in [5.74, 6) is 0.811. The predicted molar refractivity (Wildman–Crippen MR) is 86.8 cm³/mol. The molecule has 1 aromatic carbocycles. The summed E-state index contributed by atoms with van der Waals surface area (Å²) in [4.78, 5) is 2.61. The first-order valence-corrected chi connectivity index (χ1v) is 8.27. The van der Waals surface area contributed by atoms with Gasteiger partial charge in [-0.15, -0.1) is 0 Å². The number of hydrogen-bond acceptors (Lipinski definition) is 2. The molecule has 0 aromatic heterocycles. The van der Waals surface area contributed by atoms with Crippen molar-refractivity contribution in [1.29, 1.82) is 0 Å². The largest absolute Gasteiger partial charge is 0.317 e. The molecule has 0 amide bonds. The van der Waals surface area contributed by atoms with E-state index in [1.165, 1.54) is 44.2 Å². The van der Waals surface area contributed by atoms with Crippen LogP contribution in [0.4, 0.5) is 0 Å². The first-order chi connectivity index (χ1) is 9.83. The Bertz CT molecular complexity index is 363. The van der Waals surface area contributed by atoms with Gasteiger partial charge in [-0.25, -0.2) is 0 Å². The zero-order valence-electron chi connectivity index (χ0n) is 13.1. The van der Waals surface area contributed by atoms with Gasteiger partial charge in [0, 0.05) is 19.1 Å². The molecule has 2 atom stereocenters. The van der Waals surface area contributed by atoms with Crippen molar-refractivity contribution in [3.05, 3.63) is 35.9 Å². The molecule has 1 aromatic rings. The Labute approximate surface area is 124 Å². The third kappa shape index (κ3) is 4.60. The van der Waals surface area contributed by atoms with Crippen molar-refractivity contribution < 1.29 is 0 Å². The summed E-state index contributed by atoms with van der Waals surface area (Å²) in [6.07, 6.45) is 6.96. The number of rotatable bonds is 6. The third-order valence-electron chi connectivity index (χ3n) is 4.72. The summed E-state index contributed by atoms with van der Waals surface area (Å²) < 4.78 is 0. The molecular weight excluding hydrogens is 244 g/mol. The van der Waals surface area contributed by atoms with E-state index in [0.29, 0.717) is 6.04 Å². The molecule has 0 bridgehead atoms. The van der Waals surface area contributed by atoms with E-state index >= 15 is 0 Å². The van der Waals surface area contributed by atoms with Crippen LogP contribution in [0.25, 0.3) is 0 Å². The second-order valence-electron chi connectivity index (χ2n) is 6.11. The SMILES string of the molecule is CCN(Cc1ccccc1)CC1CCCCCC1NC. The Kier molecular flexibility index (Phi) is 6.55. The highest BCUT2D eigenvalue weighted by Crippen LogP contribution is 2.24. The Morgan fingerprint density at radius 2 is 1.85 bits per heavy atom. The van der Waals surface area contributed by atoms with Gasteiger partial charge in [-0.2, -0.15) is 0 Å². The minimum absolute atomic E-state index is 0.710. The van der Waals surface area contributed by atoms with Crippen LogP contribution in [0.5, 0.6) is 0 Å². The van der Waals surface area contributed by atoms with Crippen molar-refractivity contribution in [2.24, 2.45) is 5.92 Å². The molecule has 0 saturated heterocycles. The normalized spacial score (nSPS) is 23.8. The maximum Gasteiger partial charge on any atom is 0.0233 e. The van der Waals surface area contributed by atoms with Gasteiger partial charge in [0.1, 0.15) is 0 Å². The van der Waals surface area contributed by atoms with Gasteiger partial charge in [-0.3, -0.25) is 4.90 Å². The van der Waals surface area contributed by atoms with Crippen molar-refractivity contribution in [1.82, 2.24) is 10.2 Å². The van der Waals surface area contributed by atoms with E-state index in [1.807, 2.05) is 0 Å². The fourth-order valence-electron chi connectivity index (χ4n) is 3.46. The van der Waals surface area contributed by atoms with Gasteiger partial charge < -0.3 is 5.32 Å². The van der Waals surface area contributed by atoms with Crippen molar-refractivity contribution in [3.63, 3.8) is 0 Å². The summed E-state index contributed by atoms with van der Waals surface area (Å²) in [7, 11) is 2.14. The average Bonchev–Trinajstić information content (AvgIpc) is 2.72. The average molecular weight is 274 g/mol. The van der Waals surface area contributed by atoms with E-state index in [0.717, 1.165) is 19.0 Å². The fraction of sp³-hybridized carbons (Fsp3) is 0.667. The minimum Gasteiger partial charge on any atom is -0.317 e. The highest BCUT2D eigenvalue weighted by molar-refractivity contribution is 5.14. The van der Waals surface area contributed by atoms with Crippen molar-refractivity contribution >= 4 is 0 Å². The van der Waals surface area contributed by atoms with Gasteiger partial charge in [0.15, 0.2) is 0 Å². The molecule has 1 N–H and O–H groups in total. The minimum atomic E-state index is 0.710. The number of nitrogens with zero attached hydrogens (tertiary/aromatic N) is 1. The second kappa shape index (κ2) is 8.43. The third-order valence-corrected chi connectivity index (χ3v) is 4.72.